The summed E-state index contributed by atoms with van der Waals surface area (Å²) in [5.74, 6) is 1.44. The smallest absolute Gasteiger partial charge is 0.219 e. The average molecular weight is 270 g/mol. The number of unbranched alkanes of at least 4 members (excludes halogenated alkanes) is 1. The van der Waals surface area contributed by atoms with Crippen molar-refractivity contribution >= 4 is 0 Å². The lowest BCUT2D eigenvalue weighted by molar-refractivity contribution is 0.462. The van der Waals surface area contributed by atoms with Crippen molar-refractivity contribution in [1.29, 1.82) is 0 Å². The van der Waals surface area contributed by atoms with Gasteiger partial charge in [0.05, 0.1) is 0 Å². The normalized spacial score (nSPS) is 10.5. The van der Waals surface area contributed by atoms with Gasteiger partial charge in [-0.25, -0.2) is 4.98 Å². The summed E-state index contributed by atoms with van der Waals surface area (Å²) in [6.07, 6.45) is 6.24. The van der Waals surface area contributed by atoms with Gasteiger partial charge in [0.25, 0.3) is 0 Å². The molecule has 0 aliphatic heterocycles. The summed E-state index contributed by atoms with van der Waals surface area (Å²) in [4.78, 5) is 4.29. The molecule has 0 unspecified atom stereocenters. The molecule has 1 aromatic heterocycles. The van der Waals surface area contributed by atoms with E-state index in [1.165, 1.54) is 18.4 Å². The van der Waals surface area contributed by atoms with Crippen LogP contribution >= 0.6 is 0 Å². The van der Waals surface area contributed by atoms with E-state index in [9.17, 15) is 0 Å². The zero-order chi connectivity index (χ0) is 14.2. The highest BCUT2D eigenvalue weighted by atomic mass is 16.5. The highest BCUT2D eigenvalue weighted by Gasteiger charge is 2.00. The molecular weight excluding hydrogens is 248 g/mol. The molecule has 0 atom stereocenters. The molecule has 0 aliphatic rings. The number of aromatic nitrogens is 1. The summed E-state index contributed by atoms with van der Waals surface area (Å²) < 4.78 is 5.73. The van der Waals surface area contributed by atoms with Crippen molar-refractivity contribution in [1.82, 2.24) is 4.98 Å². The van der Waals surface area contributed by atoms with Gasteiger partial charge in [0.2, 0.25) is 5.88 Å². The van der Waals surface area contributed by atoms with Crippen molar-refractivity contribution in [2.24, 2.45) is 5.73 Å². The molecule has 2 rings (SSSR count). The predicted molar refractivity (Wildman–Crippen MR) is 82.1 cm³/mol. The van der Waals surface area contributed by atoms with Crippen molar-refractivity contribution in [2.45, 2.75) is 32.6 Å². The first-order chi connectivity index (χ1) is 9.81. The Morgan fingerprint density at radius 3 is 2.35 bits per heavy atom. The van der Waals surface area contributed by atoms with Crippen molar-refractivity contribution < 1.29 is 4.74 Å². The molecule has 0 spiro atoms. The van der Waals surface area contributed by atoms with E-state index >= 15 is 0 Å². The summed E-state index contributed by atoms with van der Waals surface area (Å²) >= 11 is 0. The van der Waals surface area contributed by atoms with E-state index < -0.39 is 0 Å². The van der Waals surface area contributed by atoms with Gasteiger partial charge in [-0.2, -0.15) is 0 Å². The number of hydrogen-bond acceptors (Lipinski definition) is 3. The van der Waals surface area contributed by atoms with Gasteiger partial charge in [0.15, 0.2) is 0 Å². The molecule has 3 heteroatoms. The van der Waals surface area contributed by atoms with Crippen LogP contribution in [0.1, 0.15) is 30.9 Å². The van der Waals surface area contributed by atoms with E-state index in [0.29, 0.717) is 12.4 Å². The van der Waals surface area contributed by atoms with E-state index in [1.807, 2.05) is 30.5 Å². The molecule has 2 aromatic rings. The van der Waals surface area contributed by atoms with E-state index in [-0.39, 0.29) is 0 Å². The number of benzene rings is 1. The molecule has 0 amide bonds. The molecule has 0 saturated heterocycles. The summed E-state index contributed by atoms with van der Waals surface area (Å²) in [7, 11) is 0. The number of hydrogen-bond donors (Lipinski definition) is 1. The van der Waals surface area contributed by atoms with Crippen LogP contribution in [0.2, 0.25) is 0 Å². The molecule has 20 heavy (non-hydrogen) atoms. The number of nitrogens with zero attached hydrogens (tertiary/aromatic N) is 1. The van der Waals surface area contributed by atoms with Gasteiger partial charge in [-0.15, -0.1) is 0 Å². The maximum absolute atomic E-state index is 5.73. The van der Waals surface area contributed by atoms with Crippen molar-refractivity contribution in [3.05, 3.63) is 53.7 Å². The van der Waals surface area contributed by atoms with Crippen molar-refractivity contribution in [3.8, 4) is 11.6 Å². The maximum Gasteiger partial charge on any atom is 0.219 e. The van der Waals surface area contributed by atoms with Gasteiger partial charge in [-0.05, 0) is 49.1 Å². The fourth-order valence-electron chi connectivity index (χ4n) is 2.01. The summed E-state index contributed by atoms with van der Waals surface area (Å²) in [6, 6.07) is 12.1. The predicted octanol–water partition coefficient (Wildman–Crippen LogP) is 3.72. The van der Waals surface area contributed by atoms with Gasteiger partial charge in [0, 0.05) is 12.3 Å². The van der Waals surface area contributed by atoms with Crippen LogP contribution in [0.15, 0.2) is 42.6 Å². The highest BCUT2D eigenvalue weighted by Crippen LogP contribution is 2.20. The van der Waals surface area contributed by atoms with E-state index in [0.717, 1.165) is 24.2 Å². The Bertz CT molecular complexity index is 506. The minimum absolute atomic E-state index is 0.618. The largest absolute Gasteiger partial charge is 0.439 e. The van der Waals surface area contributed by atoms with Crippen LogP contribution < -0.4 is 10.5 Å². The second-order valence-corrected chi connectivity index (χ2v) is 4.89. The summed E-state index contributed by atoms with van der Waals surface area (Å²) in [6.45, 7) is 2.85. The lowest BCUT2D eigenvalue weighted by Gasteiger charge is -2.06. The van der Waals surface area contributed by atoms with E-state index in [4.69, 9.17) is 10.5 Å². The Hall–Kier alpha value is -1.87. The number of nitrogens with two attached hydrogens (primary N) is 1. The Morgan fingerprint density at radius 1 is 1.00 bits per heavy atom. The van der Waals surface area contributed by atoms with E-state index in [1.54, 1.807) is 0 Å². The molecule has 0 fully saturated rings. The third-order valence-electron chi connectivity index (χ3n) is 3.20. The highest BCUT2D eigenvalue weighted by molar-refractivity contribution is 5.31. The van der Waals surface area contributed by atoms with Gasteiger partial charge < -0.3 is 10.5 Å². The fourth-order valence-corrected chi connectivity index (χ4v) is 2.01. The van der Waals surface area contributed by atoms with Crippen LogP contribution in [-0.4, -0.2) is 11.5 Å². The summed E-state index contributed by atoms with van der Waals surface area (Å²) in [5.41, 5.74) is 8.00. The van der Waals surface area contributed by atoms with Gasteiger partial charge in [0.1, 0.15) is 5.75 Å². The second-order valence-electron chi connectivity index (χ2n) is 4.89. The molecule has 0 aliphatic carbocycles. The first kappa shape index (κ1) is 14.5. The molecule has 0 bridgehead atoms. The molecule has 3 nitrogen and oxygen atoms in total. The number of aryl methyl sites for hydroxylation is 1. The third kappa shape index (κ3) is 4.35. The topological polar surface area (TPSA) is 48.1 Å². The molecule has 2 N–H and O–H groups in total. The number of rotatable bonds is 7. The van der Waals surface area contributed by atoms with Gasteiger partial charge >= 0.3 is 0 Å². The Labute approximate surface area is 120 Å². The van der Waals surface area contributed by atoms with Gasteiger partial charge in [-0.3, -0.25) is 0 Å². The van der Waals surface area contributed by atoms with Crippen LogP contribution in [-0.2, 0) is 12.8 Å². The number of ether oxygens (including phenoxy) is 1. The Kier molecular flexibility index (Phi) is 5.56. The third-order valence-corrected chi connectivity index (χ3v) is 3.20. The molecule has 0 radical (unpaired) electrons. The Balaban J connectivity index is 1.95. The lowest BCUT2D eigenvalue weighted by atomic mass is 10.1. The van der Waals surface area contributed by atoms with E-state index in [2.05, 4.69) is 24.0 Å². The second kappa shape index (κ2) is 7.65. The number of pyridine rings is 1. The summed E-state index contributed by atoms with van der Waals surface area (Å²) in [5, 5.41) is 0. The quantitative estimate of drug-likeness (QED) is 0.834. The van der Waals surface area contributed by atoms with Crippen LogP contribution in [0.25, 0.3) is 0 Å². The van der Waals surface area contributed by atoms with Crippen LogP contribution in [0.5, 0.6) is 11.6 Å². The molecule has 1 aromatic carbocycles. The first-order valence-electron chi connectivity index (χ1n) is 7.23. The van der Waals surface area contributed by atoms with Crippen molar-refractivity contribution in [3.63, 3.8) is 0 Å². The van der Waals surface area contributed by atoms with Crippen LogP contribution in [0.3, 0.4) is 0 Å². The minimum atomic E-state index is 0.618. The monoisotopic (exact) mass is 270 g/mol. The standard InChI is InChI=1S/C17H22N2O/c1-2-3-4-14-5-8-16(9-6-14)20-17-10-7-15(11-12-18)13-19-17/h5-10,13H,2-4,11-12,18H2,1H3. The average Bonchev–Trinajstić information content (AvgIpc) is 2.49. The van der Waals surface area contributed by atoms with Crippen LogP contribution in [0, 0.1) is 0 Å². The van der Waals surface area contributed by atoms with Crippen LogP contribution in [0.4, 0.5) is 0 Å². The minimum Gasteiger partial charge on any atom is -0.439 e. The molecule has 1 heterocycles. The SMILES string of the molecule is CCCCc1ccc(Oc2ccc(CCN)cn2)cc1. The Morgan fingerprint density at radius 2 is 1.75 bits per heavy atom. The zero-order valence-corrected chi connectivity index (χ0v) is 12.0. The fraction of sp³-hybridized carbons (Fsp3) is 0.353. The maximum atomic E-state index is 5.73. The van der Waals surface area contributed by atoms with Crippen molar-refractivity contribution in [2.75, 3.05) is 6.54 Å². The molecule has 106 valence electrons. The molecule has 0 saturated carbocycles. The zero-order valence-electron chi connectivity index (χ0n) is 12.0. The molecular formula is C17H22N2O. The van der Waals surface area contributed by atoms with Gasteiger partial charge in [-0.1, -0.05) is 31.5 Å². The lowest BCUT2D eigenvalue weighted by Crippen LogP contribution is -2.02. The first-order valence-corrected chi connectivity index (χ1v) is 7.23.